The number of nitrogens with zero attached hydrogens (tertiary/aromatic N) is 2. The lowest BCUT2D eigenvalue weighted by atomic mass is 10.0. The zero-order valence-corrected chi connectivity index (χ0v) is 15.5. The molecule has 2 heterocycles. The number of amides is 3. The molecule has 6 nitrogen and oxygen atoms in total. The average molecular weight is 358 g/mol. The lowest BCUT2D eigenvalue weighted by Crippen LogP contribution is -2.51. The van der Waals surface area contributed by atoms with Crippen molar-refractivity contribution >= 4 is 17.7 Å². The lowest BCUT2D eigenvalue weighted by molar-refractivity contribution is -0.137. The van der Waals surface area contributed by atoms with Gasteiger partial charge in [0.1, 0.15) is 6.61 Å². The minimum Gasteiger partial charge on any atom is -0.369 e. The molecule has 140 valence electrons. The van der Waals surface area contributed by atoms with Crippen LogP contribution in [0.3, 0.4) is 0 Å². The summed E-state index contributed by atoms with van der Waals surface area (Å²) in [6, 6.07) is 6.82. The Balaban J connectivity index is 1.58. The molecule has 0 bridgehead atoms. The van der Waals surface area contributed by atoms with Gasteiger partial charge in [-0.05, 0) is 38.8 Å². The topological polar surface area (TPSA) is 66.9 Å². The highest BCUT2D eigenvalue weighted by Gasteiger charge is 2.44. The third-order valence-electron chi connectivity index (χ3n) is 5.04. The van der Waals surface area contributed by atoms with Crippen LogP contribution in [0, 0.1) is 0 Å². The zero-order chi connectivity index (χ0) is 18.7. The second kappa shape index (κ2) is 7.58. The average Bonchev–Trinajstić information content (AvgIpc) is 2.80. The van der Waals surface area contributed by atoms with Crippen molar-refractivity contribution in [3.8, 4) is 0 Å². The van der Waals surface area contributed by atoms with Crippen molar-refractivity contribution in [1.29, 1.82) is 0 Å². The maximum Gasteiger partial charge on any atom is 0.262 e. The summed E-state index contributed by atoms with van der Waals surface area (Å²) < 4.78 is 5.62. The van der Waals surface area contributed by atoms with E-state index in [0.717, 1.165) is 38.8 Å². The molecule has 0 aliphatic carbocycles. The maximum absolute atomic E-state index is 12.6. The maximum atomic E-state index is 12.6. The summed E-state index contributed by atoms with van der Waals surface area (Å²) in [5.41, 5.74) is 0.0177. The van der Waals surface area contributed by atoms with Gasteiger partial charge in [0.2, 0.25) is 5.91 Å². The van der Waals surface area contributed by atoms with Gasteiger partial charge in [-0.15, -0.1) is 0 Å². The molecule has 1 aromatic rings. The second-order valence-corrected chi connectivity index (χ2v) is 7.59. The van der Waals surface area contributed by atoms with Crippen LogP contribution in [0.4, 0.5) is 0 Å². The predicted octanol–water partition coefficient (Wildman–Crippen LogP) is 2.48. The highest BCUT2D eigenvalue weighted by Crippen LogP contribution is 2.29. The molecule has 0 radical (unpaired) electrons. The Morgan fingerprint density at radius 3 is 2.08 bits per heavy atom. The zero-order valence-electron chi connectivity index (χ0n) is 15.5. The molecule has 0 unspecified atom stereocenters. The fourth-order valence-electron chi connectivity index (χ4n) is 3.60. The van der Waals surface area contributed by atoms with E-state index >= 15 is 0 Å². The van der Waals surface area contributed by atoms with Gasteiger partial charge in [-0.25, -0.2) is 0 Å². The molecule has 1 saturated heterocycles. The van der Waals surface area contributed by atoms with Crippen LogP contribution in [-0.4, -0.2) is 59.4 Å². The van der Waals surface area contributed by atoms with E-state index in [-0.39, 0.29) is 30.9 Å². The molecular formula is C20H26N2O4. The summed E-state index contributed by atoms with van der Waals surface area (Å²) in [6.45, 7) is 5.23. The Kier molecular flexibility index (Phi) is 5.41. The smallest absolute Gasteiger partial charge is 0.262 e. The molecule has 26 heavy (non-hydrogen) atoms. The highest BCUT2D eigenvalue weighted by molar-refractivity contribution is 6.21. The number of benzene rings is 1. The van der Waals surface area contributed by atoms with E-state index in [1.54, 1.807) is 38.1 Å². The van der Waals surface area contributed by atoms with Gasteiger partial charge in [0.15, 0.2) is 0 Å². The van der Waals surface area contributed by atoms with Gasteiger partial charge in [0.05, 0.1) is 23.3 Å². The SMILES string of the molecule is CC(C)(COCC(=O)N1CCCCCC1)N1C(=O)c2ccccc2C1=O. The van der Waals surface area contributed by atoms with Crippen molar-refractivity contribution in [3.63, 3.8) is 0 Å². The van der Waals surface area contributed by atoms with Crippen LogP contribution in [0.2, 0.25) is 0 Å². The molecule has 2 aliphatic rings. The van der Waals surface area contributed by atoms with Gasteiger partial charge in [0.25, 0.3) is 11.8 Å². The first-order valence-corrected chi connectivity index (χ1v) is 9.25. The van der Waals surface area contributed by atoms with Crippen molar-refractivity contribution in [3.05, 3.63) is 35.4 Å². The highest BCUT2D eigenvalue weighted by atomic mass is 16.5. The van der Waals surface area contributed by atoms with Crippen molar-refractivity contribution in [2.45, 2.75) is 45.1 Å². The number of carbonyl (C=O) groups excluding carboxylic acids is 3. The van der Waals surface area contributed by atoms with Gasteiger partial charge in [-0.3, -0.25) is 19.3 Å². The summed E-state index contributed by atoms with van der Waals surface area (Å²) in [6.07, 6.45) is 4.40. The Bertz CT molecular complexity index is 671. The van der Waals surface area contributed by atoms with Crippen molar-refractivity contribution < 1.29 is 19.1 Å². The van der Waals surface area contributed by atoms with E-state index in [1.807, 2.05) is 4.90 Å². The molecular weight excluding hydrogens is 332 g/mol. The Morgan fingerprint density at radius 1 is 1.00 bits per heavy atom. The molecule has 3 amide bonds. The number of fused-ring (bicyclic) bond motifs is 1. The number of rotatable bonds is 5. The first-order chi connectivity index (χ1) is 12.4. The van der Waals surface area contributed by atoms with Gasteiger partial charge >= 0.3 is 0 Å². The van der Waals surface area contributed by atoms with Crippen LogP contribution in [0.5, 0.6) is 0 Å². The largest absolute Gasteiger partial charge is 0.369 e. The van der Waals surface area contributed by atoms with Crippen LogP contribution in [0.1, 0.15) is 60.2 Å². The number of hydrogen-bond donors (Lipinski definition) is 0. The monoisotopic (exact) mass is 358 g/mol. The first-order valence-electron chi connectivity index (χ1n) is 9.25. The van der Waals surface area contributed by atoms with Gasteiger partial charge < -0.3 is 9.64 Å². The Labute approximate surface area is 154 Å². The lowest BCUT2D eigenvalue weighted by Gasteiger charge is -2.33. The van der Waals surface area contributed by atoms with Crippen molar-refractivity contribution in [2.75, 3.05) is 26.3 Å². The number of hydrogen-bond acceptors (Lipinski definition) is 4. The molecule has 1 aromatic carbocycles. The summed E-state index contributed by atoms with van der Waals surface area (Å²) in [7, 11) is 0. The van der Waals surface area contributed by atoms with Gasteiger partial charge in [-0.2, -0.15) is 0 Å². The summed E-state index contributed by atoms with van der Waals surface area (Å²) >= 11 is 0. The molecule has 0 atom stereocenters. The van der Waals surface area contributed by atoms with Crippen LogP contribution in [-0.2, 0) is 9.53 Å². The van der Waals surface area contributed by atoms with Crippen LogP contribution < -0.4 is 0 Å². The van der Waals surface area contributed by atoms with E-state index in [1.165, 1.54) is 4.90 Å². The van der Waals surface area contributed by atoms with E-state index in [0.29, 0.717) is 11.1 Å². The second-order valence-electron chi connectivity index (χ2n) is 7.59. The fraction of sp³-hybridized carbons (Fsp3) is 0.550. The predicted molar refractivity (Wildman–Crippen MR) is 96.9 cm³/mol. The number of likely N-dealkylation sites (tertiary alicyclic amines) is 1. The molecule has 3 rings (SSSR count). The third-order valence-corrected chi connectivity index (χ3v) is 5.04. The molecule has 2 aliphatic heterocycles. The number of carbonyl (C=O) groups is 3. The van der Waals surface area contributed by atoms with E-state index < -0.39 is 5.54 Å². The van der Waals surface area contributed by atoms with Gasteiger partial charge in [0, 0.05) is 13.1 Å². The van der Waals surface area contributed by atoms with Crippen LogP contribution >= 0.6 is 0 Å². The van der Waals surface area contributed by atoms with E-state index in [9.17, 15) is 14.4 Å². The fourth-order valence-corrected chi connectivity index (χ4v) is 3.60. The Hall–Kier alpha value is -2.21. The van der Waals surface area contributed by atoms with E-state index in [4.69, 9.17) is 4.74 Å². The first kappa shape index (κ1) is 18.6. The minimum atomic E-state index is -0.827. The van der Waals surface area contributed by atoms with Gasteiger partial charge in [-0.1, -0.05) is 25.0 Å². The summed E-state index contributed by atoms with van der Waals surface area (Å²) in [4.78, 5) is 40.6. The molecule has 0 spiro atoms. The van der Waals surface area contributed by atoms with Crippen LogP contribution in [0.15, 0.2) is 24.3 Å². The van der Waals surface area contributed by atoms with Crippen molar-refractivity contribution in [1.82, 2.24) is 9.80 Å². The summed E-state index contributed by atoms with van der Waals surface area (Å²) in [5.74, 6) is -0.638. The summed E-state index contributed by atoms with van der Waals surface area (Å²) in [5, 5.41) is 0. The third kappa shape index (κ3) is 3.65. The molecule has 0 saturated carbocycles. The quantitative estimate of drug-likeness (QED) is 0.759. The standard InChI is InChI=1S/C20H26N2O4/c1-20(2,14-26-13-17(23)21-11-7-3-4-8-12-21)22-18(24)15-9-5-6-10-16(15)19(22)25/h5-6,9-10H,3-4,7-8,11-14H2,1-2H3. The Morgan fingerprint density at radius 2 is 1.54 bits per heavy atom. The molecule has 0 aromatic heterocycles. The minimum absolute atomic E-state index is 0.0212. The van der Waals surface area contributed by atoms with Crippen molar-refractivity contribution in [2.24, 2.45) is 0 Å². The normalized spacial score (nSPS) is 18.1. The van der Waals surface area contributed by atoms with E-state index in [2.05, 4.69) is 0 Å². The van der Waals surface area contributed by atoms with Crippen LogP contribution in [0.25, 0.3) is 0 Å². The molecule has 1 fully saturated rings. The molecule has 6 heteroatoms. The number of imide groups is 1. The molecule has 0 N–H and O–H groups in total. The number of ether oxygens (including phenoxy) is 1.